The van der Waals surface area contributed by atoms with Gasteiger partial charge in [0.25, 0.3) is 0 Å². The Kier molecular flexibility index (Phi) is 3.64. The predicted octanol–water partition coefficient (Wildman–Crippen LogP) is 2.39. The van der Waals surface area contributed by atoms with Gasteiger partial charge in [-0.15, -0.1) is 11.3 Å². The molecule has 2 heterocycles. The van der Waals surface area contributed by atoms with Crippen molar-refractivity contribution in [2.24, 2.45) is 0 Å². The highest BCUT2D eigenvalue weighted by atomic mass is 32.2. The lowest BCUT2D eigenvalue weighted by atomic mass is 10.1. The van der Waals surface area contributed by atoms with Gasteiger partial charge in [-0.3, -0.25) is 0 Å². The monoisotopic (exact) mass is 308 g/mol. The van der Waals surface area contributed by atoms with E-state index in [1.807, 2.05) is 30.5 Å². The Morgan fingerprint density at radius 1 is 1.25 bits per heavy atom. The third-order valence-corrected chi connectivity index (χ3v) is 6.01. The summed E-state index contributed by atoms with van der Waals surface area (Å²) in [5, 5.41) is 5.16. The third kappa shape index (κ3) is 2.64. The molecule has 1 atom stereocenters. The molecule has 0 radical (unpaired) electrons. The van der Waals surface area contributed by atoms with Gasteiger partial charge in [-0.25, -0.2) is 13.1 Å². The first-order valence-corrected chi connectivity index (χ1v) is 8.81. The van der Waals surface area contributed by atoms with Crippen LogP contribution in [-0.2, 0) is 23.1 Å². The SMILES string of the molecule is CC(NS(=O)(=O)c1ccc2c(c1)CNC2)c1cccs1. The van der Waals surface area contributed by atoms with Crippen LogP contribution in [0.5, 0.6) is 0 Å². The van der Waals surface area contributed by atoms with Gasteiger partial charge < -0.3 is 5.32 Å². The lowest BCUT2D eigenvalue weighted by Crippen LogP contribution is -2.26. The van der Waals surface area contributed by atoms with Gasteiger partial charge in [0.05, 0.1) is 10.9 Å². The Hall–Kier alpha value is -1.21. The van der Waals surface area contributed by atoms with Gasteiger partial charge in [-0.2, -0.15) is 0 Å². The summed E-state index contributed by atoms with van der Waals surface area (Å²) in [7, 11) is -3.48. The van der Waals surface area contributed by atoms with E-state index in [-0.39, 0.29) is 6.04 Å². The van der Waals surface area contributed by atoms with Gasteiger partial charge in [0, 0.05) is 18.0 Å². The summed E-state index contributed by atoms with van der Waals surface area (Å²) in [4.78, 5) is 1.35. The number of hydrogen-bond donors (Lipinski definition) is 2. The highest BCUT2D eigenvalue weighted by molar-refractivity contribution is 7.89. The molecular formula is C14H16N2O2S2. The van der Waals surface area contributed by atoms with Crippen LogP contribution in [0.25, 0.3) is 0 Å². The van der Waals surface area contributed by atoms with Crippen LogP contribution in [0.3, 0.4) is 0 Å². The van der Waals surface area contributed by atoms with Crippen molar-refractivity contribution in [1.29, 1.82) is 0 Å². The first-order chi connectivity index (χ1) is 9.56. The molecule has 2 aromatic rings. The first-order valence-electron chi connectivity index (χ1n) is 6.44. The van der Waals surface area contributed by atoms with Crippen molar-refractivity contribution in [3.05, 3.63) is 51.7 Å². The Morgan fingerprint density at radius 3 is 2.80 bits per heavy atom. The summed E-state index contributed by atoms with van der Waals surface area (Å²) in [5.41, 5.74) is 2.24. The molecule has 106 valence electrons. The van der Waals surface area contributed by atoms with E-state index in [9.17, 15) is 8.42 Å². The fourth-order valence-electron chi connectivity index (χ4n) is 2.33. The quantitative estimate of drug-likeness (QED) is 0.912. The predicted molar refractivity (Wildman–Crippen MR) is 80.0 cm³/mol. The zero-order chi connectivity index (χ0) is 14.2. The first kappa shape index (κ1) is 13.8. The average molecular weight is 308 g/mol. The molecule has 1 aromatic carbocycles. The van der Waals surface area contributed by atoms with Crippen molar-refractivity contribution in [1.82, 2.24) is 10.0 Å². The summed E-state index contributed by atoms with van der Waals surface area (Å²) in [5.74, 6) is 0. The lowest BCUT2D eigenvalue weighted by Gasteiger charge is -2.13. The molecule has 6 heteroatoms. The molecular weight excluding hydrogens is 292 g/mol. The van der Waals surface area contributed by atoms with Gasteiger partial charge in [-0.1, -0.05) is 12.1 Å². The van der Waals surface area contributed by atoms with E-state index in [1.54, 1.807) is 23.5 Å². The molecule has 3 rings (SSSR count). The molecule has 1 aromatic heterocycles. The number of fused-ring (bicyclic) bond motifs is 1. The van der Waals surface area contributed by atoms with Gasteiger partial charge in [0.2, 0.25) is 10.0 Å². The standard InChI is InChI=1S/C14H16N2O2S2/c1-10(14-3-2-6-19-14)16-20(17,18)13-5-4-11-8-15-9-12(11)7-13/h2-7,10,15-16H,8-9H2,1H3. The molecule has 0 saturated heterocycles. The number of nitrogens with one attached hydrogen (secondary N) is 2. The Labute approximate surface area is 122 Å². The molecule has 0 spiro atoms. The topological polar surface area (TPSA) is 58.2 Å². The van der Waals surface area contributed by atoms with Crippen LogP contribution >= 0.6 is 11.3 Å². The third-order valence-electron chi connectivity index (χ3n) is 3.42. The molecule has 20 heavy (non-hydrogen) atoms. The van der Waals surface area contributed by atoms with Gasteiger partial charge in [-0.05, 0) is 41.6 Å². The minimum absolute atomic E-state index is 0.216. The summed E-state index contributed by atoms with van der Waals surface area (Å²) < 4.78 is 27.5. The van der Waals surface area contributed by atoms with E-state index < -0.39 is 10.0 Å². The number of benzene rings is 1. The van der Waals surface area contributed by atoms with E-state index in [2.05, 4.69) is 10.0 Å². The molecule has 2 N–H and O–H groups in total. The summed E-state index contributed by atoms with van der Waals surface area (Å²) >= 11 is 1.55. The van der Waals surface area contributed by atoms with Crippen molar-refractivity contribution in [2.45, 2.75) is 31.0 Å². The lowest BCUT2D eigenvalue weighted by molar-refractivity contribution is 0.568. The largest absolute Gasteiger partial charge is 0.309 e. The van der Waals surface area contributed by atoms with E-state index >= 15 is 0 Å². The zero-order valence-electron chi connectivity index (χ0n) is 11.1. The smallest absolute Gasteiger partial charge is 0.241 e. The van der Waals surface area contributed by atoms with Crippen molar-refractivity contribution in [3.63, 3.8) is 0 Å². The fraction of sp³-hybridized carbons (Fsp3) is 0.286. The molecule has 1 unspecified atom stereocenters. The number of hydrogen-bond acceptors (Lipinski definition) is 4. The minimum Gasteiger partial charge on any atom is -0.309 e. The molecule has 0 fully saturated rings. The maximum Gasteiger partial charge on any atom is 0.241 e. The van der Waals surface area contributed by atoms with E-state index in [1.165, 1.54) is 5.56 Å². The van der Waals surface area contributed by atoms with Gasteiger partial charge in [0.15, 0.2) is 0 Å². The van der Waals surface area contributed by atoms with E-state index in [4.69, 9.17) is 0 Å². The second-order valence-corrected chi connectivity index (χ2v) is 7.59. The Bertz CT molecular complexity index is 709. The molecule has 0 bridgehead atoms. The molecule has 0 aliphatic carbocycles. The van der Waals surface area contributed by atoms with Crippen LogP contribution in [-0.4, -0.2) is 8.42 Å². The van der Waals surface area contributed by atoms with Crippen molar-refractivity contribution < 1.29 is 8.42 Å². The normalized spacial score (nSPS) is 16.1. The average Bonchev–Trinajstić information content (AvgIpc) is 3.08. The van der Waals surface area contributed by atoms with Crippen molar-refractivity contribution in [3.8, 4) is 0 Å². The molecule has 0 amide bonds. The molecule has 1 aliphatic heterocycles. The number of thiophene rings is 1. The van der Waals surface area contributed by atoms with Crippen LogP contribution in [0.2, 0.25) is 0 Å². The highest BCUT2D eigenvalue weighted by Crippen LogP contribution is 2.23. The Morgan fingerprint density at radius 2 is 2.05 bits per heavy atom. The Balaban J connectivity index is 1.85. The van der Waals surface area contributed by atoms with Crippen LogP contribution in [0, 0.1) is 0 Å². The van der Waals surface area contributed by atoms with Crippen molar-refractivity contribution in [2.75, 3.05) is 0 Å². The summed E-state index contributed by atoms with van der Waals surface area (Å²) in [6.07, 6.45) is 0. The number of sulfonamides is 1. The van der Waals surface area contributed by atoms with Crippen LogP contribution < -0.4 is 10.0 Å². The van der Waals surface area contributed by atoms with Crippen LogP contribution in [0.15, 0.2) is 40.6 Å². The zero-order valence-corrected chi connectivity index (χ0v) is 12.7. The maximum atomic E-state index is 12.4. The fourth-order valence-corrected chi connectivity index (χ4v) is 4.42. The van der Waals surface area contributed by atoms with E-state index in [0.717, 1.165) is 23.5 Å². The number of rotatable bonds is 4. The van der Waals surface area contributed by atoms with Crippen molar-refractivity contribution >= 4 is 21.4 Å². The van der Waals surface area contributed by atoms with Crippen LogP contribution in [0.1, 0.15) is 29.0 Å². The van der Waals surface area contributed by atoms with Gasteiger partial charge in [0.1, 0.15) is 0 Å². The highest BCUT2D eigenvalue weighted by Gasteiger charge is 2.21. The van der Waals surface area contributed by atoms with E-state index in [0.29, 0.717) is 4.90 Å². The summed E-state index contributed by atoms with van der Waals surface area (Å²) in [6, 6.07) is 8.97. The molecule has 0 saturated carbocycles. The second-order valence-electron chi connectivity index (χ2n) is 4.89. The minimum atomic E-state index is -3.48. The maximum absolute atomic E-state index is 12.4. The second kappa shape index (κ2) is 5.29. The van der Waals surface area contributed by atoms with Gasteiger partial charge >= 0.3 is 0 Å². The molecule has 4 nitrogen and oxygen atoms in total. The molecule has 1 aliphatic rings. The van der Waals surface area contributed by atoms with Crippen LogP contribution in [0.4, 0.5) is 0 Å². The summed E-state index contributed by atoms with van der Waals surface area (Å²) in [6.45, 7) is 3.41.